The minimum atomic E-state index is -1.59. The van der Waals surface area contributed by atoms with Crippen LogP contribution in [0.1, 0.15) is 67.6 Å². The first-order chi connectivity index (χ1) is 34.3. The number of carbonyl (C=O) groups is 1. The summed E-state index contributed by atoms with van der Waals surface area (Å²) in [6.45, 7) is 4.64. The minimum Gasteiger partial charge on any atom is -0.459 e. The van der Waals surface area contributed by atoms with Crippen LogP contribution in [0.3, 0.4) is 0 Å². The second kappa shape index (κ2) is 26.2. The smallest absolute Gasteiger partial charge is 0.410 e. The molecule has 0 saturated heterocycles. The van der Waals surface area contributed by atoms with Crippen LogP contribution in [0.25, 0.3) is 0 Å². The highest BCUT2D eigenvalue weighted by molar-refractivity contribution is 6.03. The molecule has 1 fully saturated rings. The molecule has 4 aromatic carbocycles. The molecule has 6 unspecified atom stereocenters. The van der Waals surface area contributed by atoms with Crippen molar-refractivity contribution >= 4 is 17.5 Å². The number of amides is 1. The van der Waals surface area contributed by atoms with Gasteiger partial charge >= 0.3 is 6.09 Å². The second-order valence-corrected chi connectivity index (χ2v) is 17.6. The molecule has 0 spiro atoms. The number of nitrogens with zero attached hydrogens (tertiary/aromatic N) is 3. The van der Waals surface area contributed by atoms with E-state index in [1.807, 2.05) is 72.8 Å². The van der Waals surface area contributed by atoms with Gasteiger partial charge < -0.3 is 48.6 Å². The minimum absolute atomic E-state index is 0.0225. The van der Waals surface area contributed by atoms with Gasteiger partial charge in [-0.25, -0.2) is 4.79 Å². The number of oxime groups is 1. The molecule has 70 heavy (non-hydrogen) atoms. The van der Waals surface area contributed by atoms with Gasteiger partial charge in [0.15, 0.2) is 0 Å². The van der Waals surface area contributed by atoms with Gasteiger partial charge in [-0.2, -0.15) is 0 Å². The van der Waals surface area contributed by atoms with Crippen molar-refractivity contribution in [1.82, 2.24) is 4.90 Å². The van der Waals surface area contributed by atoms with Gasteiger partial charge in [-0.05, 0) is 78.5 Å². The van der Waals surface area contributed by atoms with Crippen LogP contribution in [0, 0.1) is 27.9 Å². The largest absolute Gasteiger partial charge is 0.459 e. The number of non-ortho nitro benzene ring substituents is 1. The SMILES string of the molecule is C=CCOC12Oc3ccc(Oc4cccc([N+](=O)[O-])c4)cc3C3C(CCCCO)C(CCCCO)C=C(C(=NOCc4ccccc4)CC1N(CCOCCO)C(=O)OCCOCc1ccccc1)C32. The summed E-state index contributed by atoms with van der Waals surface area (Å²) in [7, 11) is 0. The zero-order valence-corrected chi connectivity index (χ0v) is 39.6. The molecule has 1 saturated carbocycles. The highest BCUT2D eigenvalue weighted by Gasteiger charge is 2.65. The Balaban J connectivity index is 1.37. The van der Waals surface area contributed by atoms with E-state index >= 15 is 0 Å². The zero-order valence-electron chi connectivity index (χ0n) is 39.6. The Labute approximate surface area is 409 Å². The summed E-state index contributed by atoms with van der Waals surface area (Å²) in [5, 5.41) is 46.3. The highest BCUT2D eigenvalue weighted by Crippen LogP contribution is 2.62. The molecule has 1 heterocycles. The zero-order chi connectivity index (χ0) is 49.1. The molecule has 3 N–H and O–H groups in total. The topological polar surface area (TPSA) is 201 Å². The number of carbonyl (C=O) groups excluding carboxylic acids is 1. The lowest BCUT2D eigenvalue weighted by Gasteiger charge is -2.59. The molecule has 374 valence electrons. The average molecular weight is 964 g/mol. The molecule has 3 aliphatic rings. The Morgan fingerprint density at radius 3 is 2.27 bits per heavy atom. The van der Waals surface area contributed by atoms with Crippen LogP contribution in [0.5, 0.6) is 17.2 Å². The van der Waals surface area contributed by atoms with E-state index in [2.05, 4.69) is 12.7 Å². The monoisotopic (exact) mass is 963 g/mol. The first-order valence-electron chi connectivity index (χ1n) is 24.2. The number of hydrogen-bond acceptors (Lipinski definition) is 14. The molecule has 0 aromatic heterocycles. The number of benzene rings is 4. The van der Waals surface area contributed by atoms with Gasteiger partial charge in [0.1, 0.15) is 36.5 Å². The molecule has 6 atom stereocenters. The lowest BCUT2D eigenvalue weighted by Crippen LogP contribution is -2.70. The van der Waals surface area contributed by atoms with Gasteiger partial charge in [-0.1, -0.05) is 96.9 Å². The maximum absolute atomic E-state index is 14.8. The number of aliphatic hydroxyl groups is 3. The molecular formula is C54H65N3O13. The van der Waals surface area contributed by atoms with E-state index in [0.29, 0.717) is 49.5 Å². The molecular weight excluding hydrogens is 899 g/mol. The number of aliphatic hydroxyl groups excluding tert-OH is 3. The van der Waals surface area contributed by atoms with Crippen LogP contribution in [-0.4, -0.2) is 108 Å². The number of nitro benzene ring substituents is 1. The quantitative estimate of drug-likeness (QED) is 0.0211. The van der Waals surface area contributed by atoms with E-state index in [-0.39, 0.29) is 102 Å². The Bertz CT molecular complexity index is 2370. The predicted octanol–water partition coefficient (Wildman–Crippen LogP) is 8.89. The van der Waals surface area contributed by atoms with E-state index < -0.39 is 28.8 Å². The van der Waals surface area contributed by atoms with Crippen molar-refractivity contribution in [3.05, 3.63) is 154 Å². The number of ether oxygens (including phenoxy) is 6. The molecule has 0 radical (unpaired) electrons. The molecule has 7 rings (SSSR count). The molecule has 16 heteroatoms. The van der Waals surface area contributed by atoms with Crippen molar-refractivity contribution in [2.75, 3.05) is 59.4 Å². The number of unbranched alkanes of at least 4 members (excludes halogenated alkanes) is 2. The maximum atomic E-state index is 14.8. The Morgan fingerprint density at radius 1 is 0.829 bits per heavy atom. The predicted molar refractivity (Wildman–Crippen MR) is 261 cm³/mol. The first kappa shape index (κ1) is 51.7. The molecule has 2 aliphatic carbocycles. The lowest BCUT2D eigenvalue weighted by molar-refractivity contribution is -0.384. The summed E-state index contributed by atoms with van der Waals surface area (Å²) in [6.07, 6.45) is 7.44. The van der Waals surface area contributed by atoms with Crippen molar-refractivity contribution < 1.29 is 58.3 Å². The summed E-state index contributed by atoms with van der Waals surface area (Å²) in [4.78, 5) is 33.8. The summed E-state index contributed by atoms with van der Waals surface area (Å²) in [6, 6.07) is 30.0. The highest BCUT2D eigenvalue weighted by atomic mass is 16.7. The summed E-state index contributed by atoms with van der Waals surface area (Å²) in [5.41, 5.74) is 4.01. The molecule has 1 aliphatic heterocycles. The van der Waals surface area contributed by atoms with Crippen LogP contribution in [0.2, 0.25) is 0 Å². The molecule has 1 amide bonds. The van der Waals surface area contributed by atoms with Crippen LogP contribution >= 0.6 is 0 Å². The van der Waals surface area contributed by atoms with E-state index in [1.54, 1.807) is 29.2 Å². The Kier molecular flexibility index (Phi) is 19.3. The van der Waals surface area contributed by atoms with Crippen LogP contribution in [0.15, 0.2) is 133 Å². The molecule has 4 aromatic rings. The van der Waals surface area contributed by atoms with Gasteiger partial charge in [0.2, 0.25) is 5.79 Å². The van der Waals surface area contributed by atoms with Gasteiger partial charge in [0.05, 0.1) is 62.3 Å². The van der Waals surface area contributed by atoms with Crippen molar-refractivity contribution in [2.24, 2.45) is 22.9 Å². The Morgan fingerprint density at radius 2 is 1.56 bits per heavy atom. The average Bonchev–Trinajstić information content (AvgIpc) is 3.37. The summed E-state index contributed by atoms with van der Waals surface area (Å²) in [5.74, 6) is -1.53. The number of hydrogen-bond donors (Lipinski definition) is 3. The number of nitro groups is 1. The third kappa shape index (κ3) is 13.0. The van der Waals surface area contributed by atoms with Gasteiger partial charge in [-0.3, -0.25) is 15.0 Å². The van der Waals surface area contributed by atoms with Crippen molar-refractivity contribution in [2.45, 2.75) is 75.9 Å². The fraction of sp³-hybridized carbons (Fsp3) is 0.444. The van der Waals surface area contributed by atoms with Gasteiger partial charge in [-0.15, -0.1) is 6.58 Å². The summed E-state index contributed by atoms with van der Waals surface area (Å²) >= 11 is 0. The number of allylic oxidation sites excluding steroid dienone is 1. The van der Waals surface area contributed by atoms with Crippen LogP contribution in [0.4, 0.5) is 10.5 Å². The van der Waals surface area contributed by atoms with Crippen molar-refractivity contribution in [1.29, 1.82) is 0 Å². The second-order valence-electron chi connectivity index (χ2n) is 17.6. The third-order valence-corrected chi connectivity index (χ3v) is 13.0. The normalized spacial score (nSPS) is 21.7. The fourth-order valence-electron chi connectivity index (χ4n) is 10.0. The van der Waals surface area contributed by atoms with E-state index in [1.165, 1.54) is 12.1 Å². The third-order valence-electron chi connectivity index (χ3n) is 13.0. The maximum Gasteiger partial charge on any atom is 0.410 e. The van der Waals surface area contributed by atoms with Crippen molar-refractivity contribution in [3.8, 4) is 17.2 Å². The molecule has 16 nitrogen and oxygen atoms in total. The van der Waals surface area contributed by atoms with Crippen LogP contribution in [-0.2, 0) is 37.0 Å². The number of fused-ring (bicyclic) bond motifs is 2. The van der Waals surface area contributed by atoms with E-state index in [9.17, 15) is 30.2 Å². The van der Waals surface area contributed by atoms with Gasteiger partial charge in [0, 0.05) is 43.7 Å². The number of rotatable bonds is 28. The fourth-order valence-corrected chi connectivity index (χ4v) is 10.0. The van der Waals surface area contributed by atoms with E-state index in [0.717, 1.165) is 35.1 Å². The summed E-state index contributed by atoms with van der Waals surface area (Å²) < 4.78 is 38.5. The Hall–Kier alpha value is -6.14. The van der Waals surface area contributed by atoms with Crippen LogP contribution < -0.4 is 9.47 Å². The first-order valence-corrected chi connectivity index (χ1v) is 24.2. The molecule has 0 bridgehead atoms. The van der Waals surface area contributed by atoms with Crippen molar-refractivity contribution in [3.63, 3.8) is 0 Å². The van der Waals surface area contributed by atoms with E-state index in [4.69, 9.17) is 38.4 Å². The lowest BCUT2D eigenvalue weighted by atomic mass is 9.55. The standard InChI is InChI=1S/C54H65N3O13/c1-2-28-67-54-50(56(24-29-64-30-27-60)53(61)66-32-31-65-37-39-14-5-3-6-15-39)36-48(55-68-38-40-16-7-4-8-17-40)46-33-41(18-9-11-25-58)45(21-10-12-26-59)51(52(46)54)47-35-44(22-23-49(47)70-54)69-43-20-13-19-42(34-43)57(62)63/h2-8,13-17,19-20,22-23,33-35,41,45,50-52,58-60H,1,9-12,18,21,24-32,36-38H2. The van der Waals surface area contributed by atoms with Gasteiger partial charge in [0.25, 0.3) is 5.69 Å².